The molecule has 0 N–H and O–H groups in total. The molecule has 0 radical (unpaired) electrons. The van der Waals surface area contributed by atoms with Crippen LogP contribution in [0.25, 0.3) is 0 Å². The minimum atomic E-state index is -0.329. The maximum absolute atomic E-state index is 12.7. The van der Waals surface area contributed by atoms with Crippen LogP contribution in [0.4, 0.5) is 0 Å². The van der Waals surface area contributed by atoms with Crippen molar-refractivity contribution in [3.8, 4) is 0 Å². The predicted molar refractivity (Wildman–Crippen MR) is 83.5 cm³/mol. The second kappa shape index (κ2) is 4.54. The summed E-state index contributed by atoms with van der Waals surface area (Å²) in [6.45, 7) is 6.32. The summed E-state index contributed by atoms with van der Waals surface area (Å²) in [5.41, 5.74) is 0.755. The van der Waals surface area contributed by atoms with Crippen LogP contribution in [0.1, 0.15) is 44.0 Å². The lowest BCUT2D eigenvalue weighted by molar-refractivity contribution is -0.125. The van der Waals surface area contributed by atoms with Gasteiger partial charge < -0.3 is 0 Å². The van der Waals surface area contributed by atoms with Gasteiger partial charge in [0.15, 0.2) is 11.6 Å². The Morgan fingerprint density at radius 2 is 1.95 bits per heavy atom. The molecule has 0 aromatic heterocycles. The third-order valence-corrected chi connectivity index (χ3v) is 6.12. The lowest BCUT2D eigenvalue weighted by Gasteiger charge is -2.31. The molecule has 21 heavy (non-hydrogen) atoms. The Balaban J connectivity index is 2.01. The van der Waals surface area contributed by atoms with Crippen molar-refractivity contribution in [2.75, 3.05) is 0 Å². The summed E-state index contributed by atoms with van der Waals surface area (Å²) >= 11 is 6.07. The van der Waals surface area contributed by atoms with Crippen molar-refractivity contribution >= 4 is 23.2 Å². The first kappa shape index (κ1) is 14.5. The molecule has 0 spiro atoms. The van der Waals surface area contributed by atoms with E-state index < -0.39 is 0 Å². The van der Waals surface area contributed by atoms with Gasteiger partial charge in [0, 0.05) is 16.6 Å². The minimum Gasteiger partial charge on any atom is -0.294 e. The average molecular weight is 303 g/mol. The summed E-state index contributed by atoms with van der Waals surface area (Å²) < 4.78 is 0. The van der Waals surface area contributed by atoms with Crippen molar-refractivity contribution in [1.29, 1.82) is 0 Å². The largest absolute Gasteiger partial charge is 0.294 e. The van der Waals surface area contributed by atoms with Gasteiger partial charge in [-0.2, -0.15) is 0 Å². The molecule has 3 rings (SSSR count). The van der Waals surface area contributed by atoms with Crippen molar-refractivity contribution < 1.29 is 9.59 Å². The van der Waals surface area contributed by atoms with Crippen molar-refractivity contribution in [3.63, 3.8) is 0 Å². The molecular weight excluding hydrogens is 284 g/mol. The summed E-state index contributed by atoms with van der Waals surface area (Å²) in [6.07, 6.45) is 3.43. The summed E-state index contributed by atoms with van der Waals surface area (Å²) in [6, 6.07) is 6.97. The fourth-order valence-corrected chi connectivity index (χ4v) is 4.20. The molecule has 2 aliphatic carbocycles. The van der Waals surface area contributed by atoms with Crippen LogP contribution in [0.15, 0.2) is 35.9 Å². The van der Waals surface area contributed by atoms with Crippen LogP contribution in [0.5, 0.6) is 0 Å². The minimum absolute atomic E-state index is 0.0727. The molecule has 0 aliphatic heterocycles. The van der Waals surface area contributed by atoms with Crippen LogP contribution in [-0.4, -0.2) is 11.6 Å². The quantitative estimate of drug-likeness (QED) is 0.596. The topological polar surface area (TPSA) is 34.1 Å². The number of hydrogen-bond acceptors (Lipinski definition) is 2. The molecule has 2 fully saturated rings. The number of benzene rings is 1. The highest BCUT2D eigenvalue weighted by Crippen LogP contribution is 2.65. The first-order chi connectivity index (χ1) is 9.79. The van der Waals surface area contributed by atoms with E-state index in [0.717, 1.165) is 12.8 Å². The van der Waals surface area contributed by atoms with Crippen LogP contribution >= 0.6 is 11.6 Å². The SMILES string of the molecule is CC1(C)[C@H]2CC[C@]1(C)C(=O)C2=CC(=O)c1ccccc1Cl. The number of fused-ring (bicyclic) bond motifs is 2. The Kier molecular flexibility index (Phi) is 3.14. The number of rotatable bonds is 2. The molecule has 2 saturated carbocycles. The van der Waals surface area contributed by atoms with E-state index in [1.807, 2.05) is 6.92 Å². The molecule has 2 nitrogen and oxygen atoms in total. The van der Waals surface area contributed by atoms with Gasteiger partial charge in [0.2, 0.25) is 0 Å². The van der Waals surface area contributed by atoms with Crippen molar-refractivity contribution in [2.45, 2.75) is 33.6 Å². The van der Waals surface area contributed by atoms with Gasteiger partial charge in [-0.05, 0) is 42.4 Å². The molecule has 2 bridgehead atoms. The summed E-state index contributed by atoms with van der Waals surface area (Å²) in [7, 11) is 0. The number of carbonyl (C=O) groups excluding carboxylic acids is 2. The van der Waals surface area contributed by atoms with E-state index in [1.54, 1.807) is 24.3 Å². The fraction of sp³-hybridized carbons (Fsp3) is 0.444. The van der Waals surface area contributed by atoms with E-state index in [1.165, 1.54) is 6.08 Å². The molecule has 2 aliphatic rings. The zero-order valence-electron chi connectivity index (χ0n) is 12.6. The molecule has 110 valence electrons. The molecule has 0 saturated heterocycles. The molecule has 0 unspecified atom stereocenters. The highest BCUT2D eigenvalue weighted by molar-refractivity contribution is 6.34. The van der Waals surface area contributed by atoms with Crippen molar-refractivity contribution in [1.82, 2.24) is 0 Å². The smallest absolute Gasteiger partial charge is 0.187 e. The Bertz CT molecular complexity index is 672. The van der Waals surface area contributed by atoms with Gasteiger partial charge in [-0.1, -0.05) is 44.5 Å². The lowest BCUT2D eigenvalue weighted by Crippen LogP contribution is -2.32. The third kappa shape index (κ3) is 1.85. The van der Waals surface area contributed by atoms with E-state index in [2.05, 4.69) is 13.8 Å². The van der Waals surface area contributed by atoms with Crippen LogP contribution in [-0.2, 0) is 4.79 Å². The van der Waals surface area contributed by atoms with Crippen LogP contribution in [0.2, 0.25) is 5.02 Å². The molecular formula is C18H19ClO2. The molecule has 1 aromatic carbocycles. The number of ketones is 2. The number of allylic oxidation sites excluding steroid dienone is 2. The second-order valence-corrected chi connectivity index (χ2v) is 7.33. The van der Waals surface area contributed by atoms with E-state index in [9.17, 15) is 9.59 Å². The van der Waals surface area contributed by atoms with Gasteiger partial charge in [0.1, 0.15) is 0 Å². The maximum atomic E-state index is 12.7. The van der Waals surface area contributed by atoms with Crippen molar-refractivity contribution in [2.24, 2.45) is 16.7 Å². The Morgan fingerprint density at radius 1 is 1.29 bits per heavy atom. The third-order valence-electron chi connectivity index (χ3n) is 5.79. The first-order valence-corrected chi connectivity index (χ1v) is 7.72. The van der Waals surface area contributed by atoms with E-state index in [4.69, 9.17) is 11.6 Å². The molecule has 2 atom stereocenters. The number of hydrogen-bond donors (Lipinski definition) is 0. The standard InChI is InChI=1S/C18H19ClO2/c1-17(2)13-8-9-18(17,3)16(21)12(13)10-15(20)11-6-4-5-7-14(11)19/h4-7,10,13H,8-9H2,1-3H3/t13-,18+/m0/s1. The van der Waals surface area contributed by atoms with Crippen molar-refractivity contribution in [3.05, 3.63) is 46.5 Å². The predicted octanol–water partition coefficient (Wildman–Crippen LogP) is 4.47. The molecule has 1 aromatic rings. The zero-order valence-corrected chi connectivity index (χ0v) is 13.3. The maximum Gasteiger partial charge on any atom is 0.187 e. The van der Waals surface area contributed by atoms with Crippen LogP contribution in [0.3, 0.4) is 0 Å². The van der Waals surface area contributed by atoms with E-state index in [-0.39, 0.29) is 28.3 Å². The van der Waals surface area contributed by atoms with Crippen LogP contribution in [0, 0.1) is 16.7 Å². The molecule has 0 amide bonds. The normalized spacial score (nSPS) is 31.9. The highest BCUT2D eigenvalue weighted by atomic mass is 35.5. The number of halogens is 1. The van der Waals surface area contributed by atoms with Gasteiger partial charge >= 0.3 is 0 Å². The van der Waals surface area contributed by atoms with E-state index >= 15 is 0 Å². The Hall–Kier alpha value is -1.41. The molecule has 0 heterocycles. The number of carbonyl (C=O) groups is 2. The highest BCUT2D eigenvalue weighted by Gasteiger charge is 2.63. The van der Waals surface area contributed by atoms with Gasteiger partial charge in [0.25, 0.3) is 0 Å². The monoisotopic (exact) mass is 302 g/mol. The van der Waals surface area contributed by atoms with Gasteiger partial charge in [-0.3, -0.25) is 9.59 Å². The van der Waals surface area contributed by atoms with Gasteiger partial charge in [-0.15, -0.1) is 0 Å². The summed E-state index contributed by atoms with van der Waals surface area (Å²) in [5, 5.41) is 0.431. The van der Waals surface area contributed by atoms with Gasteiger partial charge in [0.05, 0.1) is 5.02 Å². The van der Waals surface area contributed by atoms with E-state index in [0.29, 0.717) is 16.2 Å². The summed E-state index contributed by atoms with van der Waals surface area (Å²) in [5.74, 6) is 0.154. The Labute approximate surface area is 130 Å². The Morgan fingerprint density at radius 3 is 2.52 bits per heavy atom. The first-order valence-electron chi connectivity index (χ1n) is 7.34. The van der Waals surface area contributed by atoms with Crippen LogP contribution < -0.4 is 0 Å². The second-order valence-electron chi connectivity index (χ2n) is 6.92. The number of Topliss-reactive ketones (excluding diaryl/α,β-unsaturated/α-hetero) is 1. The zero-order chi connectivity index (χ0) is 15.4. The lowest BCUT2D eigenvalue weighted by atomic mass is 9.70. The van der Waals surface area contributed by atoms with Gasteiger partial charge in [-0.25, -0.2) is 0 Å². The molecule has 3 heteroatoms. The average Bonchev–Trinajstić information content (AvgIpc) is 2.73. The fourth-order valence-electron chi connectivity index (χ4n) is 3.97. The summed E-state index contributed by atoms with van der Waals surface area (Å²) in [4.78, 5) is 25.1.